The summed E-state index contributed by atoms with van der Waals surface area (Å²) in [7, 11) is 0. The molecule has 0 atom stereocenters. The highest BCUT2D eigenvalue weighted by atomic mass is 32.2. The fourth-order valence-electron chi connectivity index (χ4n) is 3.30. The van der Waals surface area contributed by atoms with Crippen molar-refractivity contribution in [1.29, 1.82) is 0 Å². The van der Waals surface area contributed by atoms with Crippen LogP contribution in [-0.2, 0) is 0 Å². The van der Waals surface area contributed by atoms with Crippen LogP contribution in [0.4, 0.5) is 0 Å². The molecule has 0 bridgehead atoms. The normalized spacial score (nSPS) is 11.0. The second kappa shape index (κ2) is 8.09. The molecule has 2 aromatic heterocycles. The van der Waals surface area contributed by atoms with Crippen LogP contribution in [0.5, 0.6) is 0 Å². The molecule has 4 aromatic rings. The summed E-state index contributed by atoms with van der Waals surface area (Å²) in [5, 5.41) is 9.44. The standard InChI is InChI=1S/C23H21N3O2S/c1-15-9-10-19(16(2)13-15)21(27)14-29-23-25-24-22(20-11-12-28-17(20)3)26(23)18-7-5-4-6-8-18/h4-13H,14H2,1-3H3. The van der Waals surface area contributed by atoms with E-state index in [1.807, 2.05) is 79.9 Å². The van der Waals surface area contributed by atoms with Gasteiger partial charge in [0.25, 0.3) is 0 Å². The molecule has 29 heavy (non-hydrogen) atoms. The van der Waals surface area contributed by atoms with Gasteiger partial charge in [0, 0.05) is 11.3 Å². The number of benzene rings is 2. The molecule has 0 radical (unpaired) electrons. The lowest BCUT2D eigenvalue weighted by Crippen LogP contribution is -2.07. The van der Waals surface area contributed by atoms with Crippen molar-refractivity contribution in [2.45, 2.75) is 25.9 Å². The van der Waals surface area contributed by atoms with Crippen LogP contribution >= 0.6 is 11.8 Å². The third-order valence-electron chi connectivity index (χ3n) is 4.76. The van der Waals surface area contributed by atoms with Crippen LogP contribution < -0.4 is 0 Å². The first-order valence-corrected chi connectivity index (χ1v) is 10.3. The van der Waals surface area contributed by atoms with Crippen molar-refractivity contribution in [2.24, 2.45) is 0 Å². The van der Waals surface area contributed by atoms with Crippen LogP contribution in [0, 0.1) is 20.8 Å². The number of aryl methyl sites for hydroxylation is 3. The Kier molecular flexibility index (Phi) is 5.36. The lowest BCUT2D eigenvalue weighted by Gasteiger charge is -2.10. The highest BCUT2D eigenvalue weighted by Crippen LogP contribution is 2.30. The molecule has 0 unspecified atom stereocenters. The highest BCUT2D eigenvalue weighted by molar-refractivity contribution is 7.99. The Hall–Kier alpha value is -3.12. The molecule has 0 saturated heterocycles. The second-order valence-corrected chi connectivity index (χ2v) is 7.84. The average molecular weight is 404 g/mol. The number of carbonyl (C=O) groups is 1. The van der Waals surface area contributed by atoms with Gasteiger partial charge in [-0.25, -0.2) is 0 Å². The molecule has 0 spiro atoms. The number of Topliss-reactive ketones (excluding diaryl/α,β-unsaturated/α-hetero) is 1. The fourth-order valence-corrected chi connectivity index (χ4v) is 4.13. The van der Waals surface area contributed by atoms with Crippen molar-refractivity contribution in [3.63, 3.8) is 0 Å². The molecule has 5 nitrogen and oxygen atoms in total. The third kappa shape index (κ3) is 3.89. The zero-order valence-corrected chi connectivity index (χ0v) is 17.4. The van der Waals surface area contributed by atoms with Crippen LogP contribution in [0.1, 0.15) is 27.2 Å². The van der Waals surface area contributed by atoms with Crippen molar-refractivity contribution in [2.75, 3.05) is 5.75 Å². The number of thioether (sulfide) groups is 1. The Morgan fingerprint density at radius 2 is 1.83 bits per heavy atom. The van der Waals surface area contributed by atoms with E-state index in [0.29, 0.717) is 16.7 Å². The van der Waals surface area contributed by atoms with E-state index < -0.39 is 0 Å². The van der Waals surface area contributed by atoms with E-state index in [9.17, 15) is 4.79 Å². The van der Waals surface area contributed by atoms with E-state index in [1.54, 1.807) is 6.26 Å². The van der Waals surface area contributed by atoms with Gasteiger partial charge >= 0.3 is 0 Å². The maximum absolute atomic E-state index is 12.8. The summed E-state index contributed by atoms with van der Waals surface area (Å²) in [6, 6.07) is 17.7. The van der Waals surface area contributed by atoms with Gasteiger partial charge in [-0.2, -0.15) is 0 Å². The summed E-state index contributed by atoms with van der Waals surface area (Å²) in [6.07, 6.45) is 1.64. The maximum atomic E-state index is 12.8. The molecule has 0 saturated carbocycles. The number of furan rings is 1. The molecule has 0 aliphatic rings. The molecule has 2 aromatic carbocycles. The summed E-state index contributed by atoms with van der Waals surface area (Å²) in [5.41, 5.74) is 4.72. The van der Waals surface area contributed by atoms with Gasteiger partial charge < -0.3 is 4.42 Å². The Labute approximate surface area is 173 Å². The number of para-hydroxylation sites is 1. The lowest BCUT2D eigenvalue weighted by molar-refractivity contribution is 0.102. The van der Waals surface area contributed by atoms with Crippen molar-refractivity contribution >= 4 is 17.5 Å². The van der Waals surface area contributed by atoms with Gasteiger partial charge in [0.1, 0.15) is 5.76 Å². The molecule has 4 rings (SSSR count). The highest BCUT2D eigenvalue weighted by Gasteiger charge is 2.20. The minimum absolute atomic E-state index is 0.0798. The number of rotatable bonds is 6. The van der Waals surface area contributed by atoms with Gasteiger partial charge in [-0.3, -0.25) is 9.36 Å². The summed E-state index contributed by atoms with van der Waals surface area (Å²) < 4.78 is 7.43. The molecule has 0 aliphatic heterocycles. The number of hydrogen-bond acceptors (Lipinski definition) is 5. The SMILES string of the molecule is Cc1ccc(C(=O)CSc2nnc(-c3ccoc3C)n2-c2ccccc2)c(C)c1. The number of carbonyl (C=O) groups excluding carboxylic acids is 1. The lowest BCUT2D eigenvalue weighted by atomic mass is 10.0. The molecule has 0 aliphatic carbocycles. The smallest absolute Gasteiger partial charge is 0.196 e. The largest absolute Gasteiger partial charge is 0.469 e. The fraction of sp³-hybridized carbons (Fsp3) is 0.174. The zero-order valence-electron chi connectivity index (χ0n) is 16.5. The molecular formula is C23H21N3O2S. The Morgan fingerprint density at radius 1 is 1.03 bits per heavy atom. The summed E-state index contributed by atoms with van der Waals surface area (Å²) >= 11 is 1.39. The molecule has 6 heteroatoms. The minimum Gasteiger partial charge on any atom is -0.469 e. The summed E-state index contributed by atoms with van der Waals surface area (Å²) in [4.78, 5) is 12.8. The molecular weight excluding hydrogens is 382 g/mol. The molecule has 0 fully saturated rings. The van der Waals surface area contributed by atoms with E-state index in [2.05, 4.69) is 10.2 Å². The predicted molar refractivity (Wildman–Crippen MR) is 115 cm³/mol. The van der Waals surface area contributed by atoms with Gasteiger partial charge in [-0.15, -0.1) is 10.2 Å². The number of aromatic nitrogens is 3. The Balaban J connectivity index is 1.66. The molecule has 2 heterocycles. The van der Waals surface area contributed by atoms with Crippen LogP contribution in [0.25, 0.3) is 17.1 Å². The number of ketones is 1. The zero-order chi connectivity index (χ0) is 20.4. The van der Waals surface area contributed by atoms with Gasteiger partial charge in [0.15, 0.2) is 16.8 Å². The topological polar surface area (TPSA) is 60.9 Å². The van der Waals surface area contributed by atoms with Gasteiger partial charge in [-0.05, 0) is 44.5 Å². The first-order chi connectivity index (χ1) is 14.0. The van der Waals surface area contributed by atoms with Gasteiger partial charge in [0.05, 0.1) is 17.6 Å². The summed E-state index contributed by atoms with van der Waals surface area (Å²) in [5.74, 6) is 1.84. The Bertz CT molecular complexity index is 1160. The van der Waals surface area contributed by atoms with Crippen molar-refractivity contribution in [1.82, 2.24) is 14.8 Å². The Morgan fingerprint density at radius 3 is 2.52 bits per heavy atom. The molecule has 0 amide bonds. The average Bonchev–Trinajstić information content (AvgIpc) is 3.32. The van der Waals surface area contributed by atoms with Gasteiger partial charge in [0.2, 0.25) is 0 Å². The van der Waals surface area contributed by atoms with E-state index in [-0.39, 0.29) is 5.78 Å². The summed E-state index contributed by atoms with van der Waals surface area (Å²) in [6.45, 7) is 5.89. The molecule has 146 valence electrons. The monoisotopic (exact) mass is 403 g/mol. The van der Waals surface area contributed by atoms with E-state index in [1.165, 1.54) is 11.8 Å². The van der Waals surface area contributed by atoms with E-state index in [0.717, 1.165) is 33.7 Å². The van der Waals surface area contributed by atoms with Crippen LogP contribution in [-0.4, -0.2) is 26.3 Å². The van der Waals surface area contributed by atoms with Crippen molar-refractivity contribution in [3.05, 3.63) is 83.3 Å². The van der Waals surface area contributed by atoms with E-state index >= 15 is 0 Å². The van der Waals surface area contributed by atoms with Crippen LogP contribution in [0.2, 0.25) is 0 Å². The van der Waals surface area contributed by atoms with Crippen molar-refractivity contribution in [3.8, 4) is 17.1 Å². The van der Waals surface area contributed by atoms with Crippen LogP contribution in [0.15, 0.2) is 70.4 Å². The maximum Gasteiger partial charge on any atom is 0.196 e. The van der Waals surface area contributed by atoms with Crippen LogP contribution in [0.3, 0.4) is 0 Å². The second-order valence-electron chi connectivity index (χ2n) is 6.90. The first-order valence-electron chi connectivity index (χ1n) is 9.33. The van der Waals surface area contributed by atoms with Crippen molar-refractivity contribution < 1.29 is 9.21 Å². The van der Waals surface area contributed by atoms with Gasteiger partial charge in [-0.1, -0.05) is 53.7 Å². The number of nitrogens with zero attached hydrogens (tertiary/aromatic N) is 3. The first kappa shape index (κ1) is 19.2. The molecule has 0 N–H and O–H groups in total. The predicted octanol–water partition coefficient (Wildman–Crippen LogP) is 5.43. The number of hydrogen-bond donors (Lipinski definition) is 0. The quantitative estimate of drug-likeness (QED) is 0.317. The third-order valence-corrected chi connectivity index (χ3v) is 5.69. The van der Waals surface area contributed by atoms with E-state index in [4.69, 9.17) is 4.42 Å². The minimum atomic E-state index is 0.0798.